The van der Waals surface area contributed by atoms with E-state index in [1.165, 1.54) is 0 Å². The normalized spacial score (nSPS) is 19.0. The van der Waals surface area contributed by atoms with Crippen molar-refractivity contribution < 1.29 is 40.9 Å². The number of fused-ring (bicyclic) bond motifs is 2. The number of carbonyl (C=O) groups excluding carboxylic acids is 1. The topological polar surface area (TPSA) is 145 Å². The number of hydrogen-bond donors (Lipinski definition) is 2. The number of amides is 1. The summed E-state index contributed by atoms with van der Waals surface area (Å²) in [4.78, 5) is 12.1. The van der Waals surface area contributed by atoms with Crippen molar-refractivity contribution in [2.45, 2.75) is 108 Å². The van der Waals surface area contributed by atoms with Crippen molar-refractivity contribution in [1.29, 1.82) is 0 Å². The van der Waals surface area contributed by atoms with E-state index in [2.05, 4.69) is 17.2 Å². The van der Waals surface area contributed by atoms with Gasteiger partial charge in [-0.2, -0.15) is 0 Å². The van der Waals surface area contributed by atoms with Gasteiger partial charge in [-0.3, -0.25) is 0 Å². The lowest BCUT2D eigenvalue weighted by Crippen LogP contribution is -2.33. The maximum absolute atomic E-state index is 12.3. The van der Waals surface area contributed by atoms with Crippen LogP contribution in [-0.4, -0.2) is 70.5 Å². The fourth-order valence-electron chi connectivity index (χ4n) is 4.39. The zero-order valence-electron chi connectivity index (χ0n) is 28.0. The maximum Gasteiger partial charge on any atom is 0.407 e. The summed E-state index contributed by atoms with van der Waals surface area (Å²) in [5.41, 5.74) is 1.26. The minimum Gasteiger partial charge on any atom is -0.489 e. The molecule has 46 heavy (non-hydrogen) atoms. The molecule has 0 saturated heterocycles. The summed E-state index contributed by atoms with van der Waals surface area (Å²) in [6, 6.07) is 10.3. The number of hydrogen-bond acceptors (Lipinski definition) is 9. The van der Waals surface area contributed by atoms with E-state index >= 15 is 0 Å². The van der Waals surface area contributed by atoms with Gasteiger partial charge in [0.2, 0.25) is 0 Å². The molecule has 0 aromatic heterocycles. The number of carbonyl (C=O) groups is 1. The molecule has 2 atom stereocenters. The number of aliphatic hydroxyl groups is 1. The number of ether oxygens (including phenoxy) is 3. The van der Waals surface area contributed by atoms with E-state index in [4.69, 9.17) is 19.3 Å². The highest BCUT2D eigenvalue weighted by atomic mass is 32.2. The number of aryl methyl sites for hydroxylation is 1. The number of aliphatic hydroxyl groups excluding tert-OH is 1. The lowest BCUT2D eigenvalue weighted by atomic mass is 10.1. The molecule has 0 spiro atoms. The van der Waals surface area contributed by atoms with Crippen LogP contribution in [0.1, 0.15) is 85.3 Å². The first-order valence-electron chi connectivity index (χ1n) is 15.6. The summed E-state index contributed by atoms with van der Waals surface area (Å²) in [6.07, 6.45) is 2.57. The Morgan fingerprint density at radius 3 is 1.98 bits per heavy atom. The third-order valence-corrected chi connectivity index (χ3v) is 10.1. The van der Waals surface area contributed by atoms with Crippen LogP contribution in [0.15, 0.2) is 46.2 Å². The molecule has 0 fully saturated rings. The molecule has 2 heterocycles. The lowest BCUT2D eigenvalue weighted by Gasteiger charge is -2.19. The van der Waals surface area contributed by atoms with Gasteiger partial charge in [0.05, 0.1) is 23.7 Å². The Morgan fingerprint density at radius 2 is 1.46 bits per heavy atom. The SMILES string of the molecule is CCC#Cc1ccc2c(c1)O[C@H](C)CCS2(=O)=O.CCO.C[C@@H]1CCS(=O)(=O)c2ccc(CCCNC(=O)OC(C)(C)C)cc2O1. The monoisotopic (exact) mass is 679 g/mol. The van der Waals surface area contributed by atoms with E-state index in [0.717, 1.165) is 24.0 Å². The zero-order chi connectivity index (χ0) is 34.5. The summed E-state index contributed by atoms with van der Waals surface area (Å²) in [5, 5.41) is 10.3. The van der Waals surface area contributed by atoms with Crippen LogP contribution in [0.5, 0.6) is 11.5 Å². The third kappa shape index (κ3) is 12.9. The summed E-state index contributed by atoms with van der Waals surface area (Å²) in [5.74, 6) is 7.06. The van der Waals surface area contributed by atoms with Crippen molar-refractivity contribution in [3.8, 4) is 23.3 Å². The molecule has 256 valence electrons. The smallest absolute Gasteiger partial charge is 0.407 e. The van der Waals surface area contributed by atoms with Gasteiger partial charge in [-0.15, -0.1) is 0 Å². The Balaban J connectivity index is 0.000000308. The van der Waals surface area contributed by atoms with Crippen molar-refractivity contribution >= 4 is 25.8 Å². The van der Waals surface area contributed by atoms with Crippen LogP contribution in [0.3, 0.4) is 0 Å². The summed E-state index contributed by atoms with van der Waals surface area (Å²) in [7, 11) is -6.50. The molecule has 4 rings (SSSR count). The van der Waals surface area contributed by atoms with Crippen LogP contribution < -0.4 is 14.8 Å². The molecule has 2 N–H and O–H groups in total. The first-order valence-corrected chi connectivity index (χ1v) is 18.9. The molecule has 12 heteroatoms. The summed E-state index contributed by atoms with van der Waals surface area (Å²) < 4.78 is 65.2. The van der Waals surface area contributed by atoms with Crippen molar-refractivity contribution in [2.24, 2.45) is 0 Å². The first-order chi connectivity index (χ1) is 21.5. The van der Waals surface area contributed by atoms with Crippen LogP contribution in [0.2, 0.25) is 0 Å². The van der Waals surface area contributed by atoms with Crippen LogP contribution in [0.25, 0.3) is 0 Å². The molecule has 0 aliphatic carbocycles. The molecule has 0 saturated carbocycles. The second-order valence-corrected chi connectivity index (χ2v) is 16.2. The van der Waals surface area contributed by atoms with Crippen LogP contribution in [0.4, 0.5) is 4.79 Å². The minimum absolute atomic E-state index is 0.0876. The second-order valence-electron chi connectivity index (χ2n) is 12.0. The Bertz CT molecular complexity index is 1580. The van der Waals surface area contributed by atoms with Crippen molar-refractivity contribution in [2.75, 3.05) is 24.7 Å². The highest BCUT2D eigenvalue weighted by molar-refractivity contribution is 7.91. The fraction of sp³-hybridized carbons (Fsp3) is 0.559. The van der Waals surface area contributed by atoms with Gasteiger partial charge in [-0.05, 0) is 103 Å². The molecule has 1 amide bonds. The minimum atomic E-state index is -3.28. The van der Waals surface area contributed by atoms with Gasteiger partial charge in [-0.25, -0.2) is 21.6 Å². The van der Waals surface area contributed by atoms with Gasteiger partial charge in [0.15, 0.2) is 19.7 Å². The van der Waals surface area contributed by atoms with E-state index in [0.29, 0.717) is 37.3 Å². The van der Waals surface area contributed by atoms with Crippen molar-refractivity contribution in [3.63, 3.8) is 0 Å². The Labute approximate surface area is 275 Å². The van der Waals surface area contributed by atoms with Crippen LogP contribution in [0, 0.1) is 11.8 Å². The van der Waals surface area contributed by atoms with Crippen LogP contribution in [-0.2, 0) is 30.8 Å². The first kappa shape index (κ1) is 38.9. The molecule has 0 bridgehead atoms. The van der Waals surface area contributed by atoms with Crippen molar-refractivity contribution in [3.05, 3.63) is 47.5 Å². The van der Waals surface area contributed by atoms with E-state index in [1.807, 2.05) is 47.6 Å². The quantitative estimate of drug-likeness (QED) is 0.317. The second kappa shape index (κ2) is 17.6. The molecule has 2 aliphatic rings. The Morgan fingerprint density at radius 1 is 0.935 bits per heavy atom. The molecular formula is C34H49NO9S2. The molecule has 2 aliphatic heterocycles. The maximum atomic E-state index is 12.3. The van der Waals surface area contributed by atoms with E-state index in [-0.39, 0.29) is 40.1 Å². The van der Waals surface area contributed by atoms with E-state index in [9.17, 15) is 21.6 Å². The average Bonchev–Trinajstić information content (AvgIpc) is 3.15. The standard InChI is InChI=1S/C18H27NO5S.C14H16O3S.C2H6O/c1-13-9-11-25(21,22)16-8-7-14(12-15(16)23-13)6-5-10-19-17(20)24-18(2,3)4;1-3-4-5-12-6-7-14-13(10-12)17-11(2)8-9-18(14,15)16;1-2-3/h7-8,12-13H,5-6,9-11H2,1-4H3,(H,19,20);6-7,10-11H,3,8-9H2,1-2H3;3H,2H2,1H3/t13-;11-;/m11./s1. The Hall–Kier alpha value is -3.27. The number of nitrogens with one attached hydrogen (secondary N) is 1. The molecule has 0 unspecified atom stereocenters. The van der Waals surface area contributed by atoms with Gasteiger partial charge < -0.3 is 24.6 Å². The van der Waals surface area contributed by atoms with E-state index < -0.39 is 31.4 Å². The van der Waals surface area contributed by atoms with Gasteiger partial charge in [-0.1, -0.05) is 24.8 Å². The van der Waals surface area contributed by atoms with Gasteiger partial charge in [0.1, 0.15) is 26.9 Å². The highest BCUT2D eigenvalue weighted by Gasteiger charge is 2.27. The van der Waals surface area contributed by atoms with Gasteiger partial charge in [0, 0.05) is 25.1 Å². The average molecular weight is 680 g/mol. The number of alkyl carbamates (subject to hydrolysis) is 1. The molecule has 0 radical (unpaired) electrons. The number of sulfone groups is 2. The molecule has 2 aromatic rings. The fourth-order valence-corrected chi connectivity index (χ4v) is 7.50. The van der Waals surface area contributed by atoms with Crippen molar-refractivity contribution in [1.82, 2.24) is 5.32 Å². The van der Waals surface area contributed by atoms with Gasteiger partial charge >= 0.3 is 6.09 Å². The largest absolute Gasteiger partial charge is 0.489 e. The predicted octanol–water partition coefficient (Wildman–Crippen LogP) is 5.48. The lowest BCUT2D eigenvalue weighted by molar-refractivity contribution is 0.0527. The van der Waals surface area contributed by atoms with E-state index in [1.54, 1.807) is 37.3 Å². The predicted molar refractivity (Wildman–Crippen MR) is 179 cm³/mol. The molecule has 2 aromatic carbocycles. The number of rotatable bonds is 4. The molecule has 10 nitrogen and oxygen atoms in total. The number of benzene rings is 2. The molecular weight excluding hydrogens is 631 g/mol. The van der Waals surface area contributed by atoms with Crippen LogP contribution >= 0.6 is 0 Å². The van der Waals surface area contributed by atoms with Gasteiger partial charge in [0.25, 0.3) is 0 Å². The Kier molecular flexibility index (Phi) is 14.9. The zero-order valence-corrected chi connectivity index (χ0v) is 29.6. The summed E-state index contributed by atoms with van der Waals surface area (Å²) in [6.45, 7) is 13.6. The highest BCUT2D eigenvalue weighted by Crippen LogP contribution is 2.32. The third-order valence-electron chi connectivity index (χ3n) is 6.58. The summed E-state index contributed by atoms with van der Waals surface area (Å²) >= 11 is 0.